The predicted octanol–water partition coefficient (Wildman–Crippen LogP) is 4.14. The van der Waals surface area contributed by atoms with E-state index in [1.54, 1.807) is 0 Å². The highest BCUT2D eigenvalue weighted by molar-refractivity contribution is 5.62. The molecule has 0 aliphatic carbocycles. The molecule has 0 unspecified atom stereocenters. The van der Waals surface area contributed by atoms with Crippen molar-refractivity contribution < 1.29 is 0 Å². The Morgan fingerprint density at radius 3 is 2.00 bits per heavy atom. The molecular weight excluding hydrogens is 144 g/mol. The molecule has 0 N–H and O–H groups in total. The topological polar surface area (TPSA) is 0 Å². The van der Waals surface area contributed by atoms with Gasteiger partial charge in [0.05, 0.1) is 0 Å². The molecule has 1 aromatic rings. The lowest BCUT2D eigenvalue weighted by Crippen LogP contribution is -1.75. The highest BCUT2D eigenvalue weighted by Gasteiger charge is 1.88. The first kappa shape index (κ1) is 11.0. The minimum Gasteiger partial charge on any atom is -0.0841 e. The van der Waals surface area contributed by atoms with Crippen molar-refractivity contribution in [3.8, 4) is 0 Å². The van der Waals surface area contributed by atoms with Gasteiger partial charge in [0, 0.05) is 0 Å². The fourth-order valence-corrected chi connectivity index (χ4v) is 0.868. The van der Waals surface area contributed by atoms with Crippen molar-refractivity contribution in [1.82, 2.24) is 0 Å². The van der Waals surface area contributed by atoms with E-state index in [0.29, 0.717) is 0 Å². The molecule has 12 heavy (non-hydrogen) atoms. The van der Waals surface area contributed by atoms with Gasteiger partial charge in [-0.1, -0.05) is 50.3 Å². The summed E-state index contributed by atoms with van der Waals surface area (Å²) in [6, 6.07) is 10.4. The molecule has 0 fully saturated rings. The summed E-state index contributed by atoms with van der Waals surface area (Å²) in [5.41, 5.74) is 2.64. The van der Waals surface area contributed by atoms with Crippen LogP contribution in [0.3, 0.4) is 0 Å². The molecule has 0 aromatic heterocycles. The van der Waals surface area contributed by atoms with Crippen LogP contribution in [0.25, 0.3) is 5.57 Å². The highest BCUT2D eigenvalue weighted by atomic mass is 13.9. The smallest absolute Gasteiger partial charge is 0.0231 e. The molecular formula is C12H18. The summed E-state index contributed by atoms with van der Waals surface area (Å²) in [6.07, 6.45) is 2.12. The molecule has 0 aliphatic heterocycles. The molecule has 66 valence electrons. The van der Waals surface area contributed by atoms with Crippen LogP contribution >= 0.6 is 0 Å². The molecule has 0 heterocycles. The number of hydrogen-bond donors (Lipinski definition) is 0. The van der Waals surface area contributed by atoms with Crippen LogP contribution < -0.4 is 0 Å². The van der Waals surface area contributed by atoms with E-state index in [2.05, 4.69) is 44.2 Å². The molecule has 1 rings (SSSR count). The second-order valence-corrected chi connectivity index (χ2v) is 2.34. The van der Waals surface area contributed by atoms with Crippen LogP contribution in [0.5, 0.6) is 0 Å². The van der Waals surface area contributed by atoms with Crippen molar-refractivity contribution in [2.45, 2.75) is 27.7 Å². The fraction of sp³-hybridized carbons (Fsp3) is 0.333. The normalized spacial score (nSPS) is 10.2. The summed E-state index contributed by atoms with van der Waals surface area (Å²) >= 11 is 0. The zero-order valence-electron chi connectivity index (χ0n) is 8.46. The van der Waals surface area contributed by atoms with E-state index < -0.39 is 0 Å². The van der Waals surface area contributed by atoms with E-state index in [4.69, 9.17) is 0 Å². The van der Waals surface area contributed by atoms with Gasteiger partial charge in [-0.15, -0.1) is 0 Å². The second kappa shape index (κ2) is 6.66. The van der Waals surface area contributed by atoms with Crippen LogP contribution in [0.15, 0.2) is 36.4 Å². The Labute approximate surface area is 75.9 Å². The third kappa shape index (κ3) is 3.38. The zero-order chi connectivity index (χ0) is 9.40. The van der Waals surface area contributed by atoms with Crippen molar-refractivity contribution in [3.05, 3.63) is 42.0 Å². The SMILES string of the molecule is C/C=C(\C)c1ccccc1.CC. The van der Waals surface area contributed by atoms with E-state index in [1.807, 2.05) is 19.9 Å². The van der Waals surface area contributed by atoms with E-state index in [-0.39, 0.29) is 0 Å². The minimum atomic E-state index is 1.31. The first-order chi connectivity index (χ1) is 5.84. The lowest BCUT2D eigenvalue weighted by atomic mass is 10.1. The predicted molar refractivity (Wildman–Crippen MR) is 57.1 cm³/mol. The monoisotopic (exact) mass is 162 g/mol. The van der Waals surface area contributed by atoms with Gasteiger partial charge in [0.2, 0.25) is 0 Å². The number of hydrogen-bond acceptors (Lipinski definition) is 0. The van der Waals surface area contributed by atoms with Crippen LogP contribution in [-0.2, 0) is 0 Å². The average Bonchev–Trinajstić information content (AvgIpc) is 2.21. The number of rotatable bonds is 1. The Morgan fingerprint density at radius 1 is 1.08 bits per heavy atom. The second-order valence-electron chi connectivity index (χ2n) is 2.34. The van der Waals surface area contributed by atoms with Gasteiger partial charge in [0.15, 0.2) is 0 Å². The summed E-state index contributed by atoms with van der Waals surface area (Å²) in [4.78, 5) is 0. The molecule has 0 aliphatic rings. The van der Waals surface area contributed by atoms with E-state index in [1.165, 1.54) is 11.1 Å². The van der Waals surface area contributed by atoms with Crippen LogP contribution in [0.2, 0.25) is 0 Å². The van der Waals surface area contributed by atoms with Crippen molar-refractivity contribution >= 4 is 5.57 Å². The third-order valence-electron chi connectivity index (χ3n) is 1.66. The van der Waals surface area contributed by atoms with E-state index in [0.717, 1.165) is 0 Å². The third-order valence-corrected chi connectivity index (χ3v) is 1.66. The van der Waals surface area contributed by atoms with E-state index in [9.17, 15) is 0 Å². The maximum atomic E-state index is 2.12. The number of allylic oxidation sites excluding steroid dienone is 2. The van der Waals surface area contributed by atoms with Gasteiger partial charge in [-0.3, -0.25) is 0 Å². The fourth-order valence-electron chi connectivity index (χ4n) is 0.868. The molecule has 0 radical (unpaired) electrons. The number of benzene rings is 1. The van der Waals surface area contributed by atoms with Gasteiger partial charge in [0.1, 0.15) is 0 Å². The highest BCUT2D eigenvalue weighted by Crippen LogP contribution is 2.11. The average molecular weight is 162 g/mol. The Bertz CT molecular complexity index is 219. The first-order valence-corrected chi connectivity index (χ1v) is 4.53. The molecule has 0 amide bonds. The van der Waals surface area contributed by atoms with Gasteiger partial charge in [-0.05, 0) is 25.0 Å². The minimum absolute atomic E-state index is 1.31. The Hall–Kier alpha value is -1.04. The summed E-state index contributed by atoms with van der Waals surface area (Å²) in [7, 11) is 0. The van der Waals surface area contributed by atoms with Crippen molar-refractivity contribution in [2.75, 3.05) is 0 Å². The molecule has 0 spiro atoms. The Kier molecular flexibility index (Phi) is 6.08. The largest absolute Gasteiger partial charge is 0.0841 e. The quantitative estimate of drug-likeness (QED) is 0.582. The summed E-state index contributed by atoms with van der Waals surface area (Å²) in [5, 5.41) is 0. The summed E-state index contributed by atoms with van der Waals surface area (Å²) < 4.78 is 0. The van der Waals surface area contributed by atoms with Gasteiger partial charge in [-0.25, -0.2) is 0 Å². The van der Waals surface area contributed by atoms with Crippen LogP contribution in [-0.4, -0.2) is 0 Å². The van der Waals surface area contributed by atoms with Crippen molar-refractivity contribution in [3.63, 3.8) is 0 Å². The molecule has 0 bridgehead atoms. The molecule has 0 saturated carbocycles. The van der Waals surface area contributed by atoms with Gasteiger partial charge < -0.3 is 0 Å². The zero-order valence-corrected chi connectivity index (χ0v) is 8.46. The maximum absolute atomic E-state index is 2.12. The van der Waals surface area contributed by atoms with E-state index >= 15 is 0 Å². The first-order valence-electron chi connectivity index (χ1n) is 4.53. The van der Waals surface area contributed by atoms with Crippen LogP contribution in [0, 0.1) is 0 Å². The Morgan fingerprint density at radius 2 is 1.58 bits per heavy atom. The van der Waals surface area contributed by atoms with Gasteiger partial charge in [-0.2, -0.15) is 0 Å². The maximum Gasteiger partial charge on any atom is -0.0231 e. The van der Waals surface area contributed by atoms with Crippen LogP contribution in [0.4, 0.5) is 0 Å². The standard InChI is InChI=1S/C10H12.C2H6/c1-3-9(2)10-7-5-4-6-8-10;1-2/h3-8H,1-2H3;1-2H3/b9-3+;. The molecule has 0 atom stereocenters. The lowest BCUT2D eigenvalue weighted by molar-refractivity contribution is 1.50. The van der Waals surface area contributed by atoms with Gasteiger partial charge >= 0.3 is 0 Å². The van der Waals surface area contributed by atoms with Gasteiger partial charge in [0.25, 0.3) is 0 Å². The molecule has 1 aromatic carbocycles. The summed E-state index contributed by atoms with van der Waals surface area (Å²) in [5.74, 6) is 0. The molecule has 0 nitrogen and oxygen atoms in total. The molecule has 0 heteroatoms. The van der Waals surface area contributed by atoms with Crippen molar-refractivity contribution in [1.29, 1.82) is 0 Å². The summed E-state index contributed by atoms with van der Waals surface area (Å²) in [6.45, 7) is 8.18. The Balaban J connectivity index is 0.000000561. The molecule has 0 saturated heterocycles. The van der Waals surface area contributed by atoms with Crippen LogP contribution in [0.1, 0.15) is 33.3 Å². The van der Waals surface area contributed by atoms with Crippen molar-refractivity contribution in [2.24, 2.45) is 0 Å². The lowest BCUT2D eigenvalue weighted by Gasteiger charge is -1.97.